The molecule has 1 amide bonds. The molecule has 4 rings (SSSR count). The van der Waals surface area contributed by atoms with Crippen LogP contribution in [0.2, 0.25) is 0 Å². The highest BCUT2D eigenvalue weighted by Crippen LogP contribution is 2.28. The Kier molecular flexibility index (Phi) is 5.63. The van der Waals surface area contributed by atoms with Crippen molar-refractivity contribution in [2.24, 2.45) is 0 Å². The third-order valence-electron chi connectivity index (χ3n) is 5.71. The summed E-state index contributed by atoms with van der Waals surface area (Å²) >= 11 is 0. The lowest BCUT2D eigenvalue weighted by atomic mass is 10.0. The number of pyridine rings is 1. The quantitative estimate of drug-likeness (QED) is 0.577. The lowest BCUT2D eigenvalue weighted by Gasteiger charge is -2.28. The van der Waals surface area contributed by atoms with Gasteiger partial charge in [-0.15, -0.1) is 0 Å². The Morgan fingerprint density at radius 1 is 1.32 bits per heavy atom. The molecular formula is C22H28N4O4S. The van der Waals surface area contributed by atoms with Crippen LogP contribution in [0.4, 0.5) is 0 Å². The van der Waals surface area contributed by atoms with E-state index < -0.39 is 15.9 Å². The fourth-order valence-corrected chi connectivity index (χ4v) is 5.73. The summed E-state index contributed by atoms with van der Waals surface area (Å²) in [5.74, 6) is 0.571. The van der Waals surface area contributed by atoms with Gasteiger partial charge >= 0.3 is 0 Å². The molecule has 3 aromatic heterocycles. The van der Waals surface area contributed by atoms with Gasteiger partial charge in [0.1, 0.15) is 5.76 Å². The van der Waals surface area contributed by atoms with Crippen molar-refractivity contribution in [2.45, 2.75) is 58.7 Å². The SMILES string of the molecule is CC(C)c1cc(C(=O)N(Cc2ccco2)C2CCS(=O)(=O)C2)c2cnn(C(C)C)c2n1. The fraction of sp³-hybridized carbons (Fsp3) is 0.500. The van der Waals surface area contributed by atoms with Gasteiger partial charge in [-0.25, -0.2) is 18.1 Å². The number of fused-ring (bicyclic) bond motifs is 1. The van der Waals surface area contributed by atoms with Crippen molar-refractivity contribution in [1.82, 2.24) is 19.7 Å². The molecule has 1 unspecified atom stereocenters. The van der Waals surface area contributed by atoms with E-state index in [1.165, 1.54) is 0 Å². The minimum Gasteiger partial charge on any atom is -0.467 e. The Balaban J connectivity index is 1.82. The van der Waals surface area contributed by atoms with Gasteiger partial charge in [-0.1, -0.05) is 13.8 Å². The highest BCUT2D eigenvalue weighted by atomic mass is 32.2. The first-order valence-corrected chi connectivity index (χ1v) is 12.4. The Hall–Kier alpha value is -2.68. The molecule has 166 valence electrons. The van der Waals surface area contributed by atoms with Gasteiger partial charge in [-0.05, 0) is 44.4 Å². The largest absolute Gasteiger partial charge is 0.467 e. The van der Waals surface area contributed by atoms with Gasteiger partial charge in [0.25, 0.3) is 5.91 Å². The molecule has 1 atom stereocenters. The topological polar surface area (TPSA) is 98.3 Å². The summed E-state index contributed by atoms with van der Waals surface area (Å²) < 4.78 is 31.6. The number of sulfone groups is 1. The van der Waals surface area contributed by atoms with Crippen molar-refractivity contribution in [3.8, 4) is 0 Å². The standard InChI is InChI=1S/C22H28N4O4S/c1-14(2)20-10-18(19-11-23-26(15(3)4)21(19)24-20)22(27)25(12-17-6-5-8-30-17)16-7-9-31(28,29)13-16/h5-6,8,10-11,14-16H,7,9,12-13H2,1-4H3. The maximum Gasteiger partial charge on any atom is 0.255 e. The normalized spacial score (nSPS) is 18.3. The number of furan rings is 1. The second kappa shape index (κ2) is 8.11. The van der Waals surface area contributed by atoms with Crippen LogP contribution in [-0.2, 0) is 16.4 Å². The lowest BCUT2D eigenvalue weighted by Crippen LogP contribution is -2.40. The smallest absolute Gasteiger partial charge is 0.255 e. The number of hydrogen-bond acceptors (Lipinski definition) is 6. The van der Waals surface area contributed by atoms with E-state index in [0.717, 1.165) is 5.69 Å². The van der Waals surface area contributed by atoms with E-state index in [9.17, 15) is 13.2 Å². The fourth-order valence-electron chi connectivity index (χ4n) is 4.00. The zero-order valence-electron chi connectivity index (χ0n) is 18.3. The van der Waals surface area contributed by atoms with E-state index in [1.54, 1.807) is 29.5 Å². The van der Waals surface area contributed by atoms with Crippen LogP contribution in [0.3, 0.4) is 0 Å². The van der Waals surface area contributed by atoms with Gasteiger partial charge in [0.15, 0.2) is 15.5 Å². The number of nitrogens with zero attached hydrogens (tertiary/aromatic N) is 4. The molecule has 4 heterocycles. The molecule has 3 aromatic rings. The second-order valence-corrected chi connectivity index (χ2v) is 11.0. The van der Waals surface area contributed by atoms with Crippen molar-refractivity contribution >= 4 is 26.8 Å². The highest BCUT2D eigenvalue weighted by Gasteiger charge is 2.36. The Labute approximate surface area is 182 Å². The highest BCUT2D eigenvalue weighted by molar-refractivity contribution is 7.91. The van der Waals surface area contributed by atoms with Gasteiger partial charge < -0.3 is 9.32 Å². The maximum absolute atomic E-state index is 13.9. The number of carbonyl (C=O) groups excluding carboxylic acids is 1. The molecule has 1 aliphatic rings. The van der Waals surface area contributed by atoms with Gasteiger partial charge in [-0.3, -0.25) is 4.79 Å². The monoisotopic (exact) mass is 444 g/mol. The second-order valence-electron chi connectivity index (χ2n) is 8.74. The molecule has 0 aliphatic carbocycles. The molecule has 1 fully saturated rings. The zero-order chi connectivity index (χ0) is 22.3. The average Bonchev–Trinajstić information content (AvgIpc) is 3.44. The first kappa shape index (κ1) is 21.5. The summed E-state index contributed by atoms with van der Waals surface area (Å²) in [4.78, 5) is 20.3. The first-order valence-electron chi connectivity index (χ1n) is 10.6. The minimum atomic E-state index is -3.16. The summed E-state index contributed by atoms with van der Waals surface area (Å²) in [7, 11) is -3.16. The first-order chi connectivity index (χ1) is 14.7. The lowest BCUT2D eigenvalue weighted by molar-refractivity contribution is 0.0668. The number of amides is 1. The van der Waals surface area contributed by atoms with E-state index in [4.69, 9.17) is 9.40 Å². The van der Waals surface area contributed by atoms with Crippen molar-refractivity contribution in [1.29, 1.82) is 0 Å². The van der Waals surface area contributed by atoms with Crippen LogP contribution < -0.4 is 0 Å². The van der Waals surface area contributed by atoms with Crippen LogP contribution in [0, 0.1) is 0 Å². The molecule has 9 heteroatoms. The molecule has 8 nitrogen and oxygen atoms in total. The summed E-state index contributed by atoms with van der Waals surface area (Å²) in [6.45, 7) is 8.31. The van der Waals surface area contributed by atoms with Gasteiger partial charge in [-0.2, -0.15) is 5.10 Å². The van der Waals surface area contributed by atoms with Crippen LogP contribution in [-0.4, -0.2) is 51.5 Å². The molecule has 1 aliphatic heterocycles. The number of hydrogen-bond donors (Lipinski definition) is 0. The molecule has 0 aromatic carbocycles. The molecule has 0 saturated carbocycles. The summed E-state index contributed by atoms with van der Waals surface area (Å²) in [6.07, 6.45) is 3.65. The Morgan fingerprint density at radius 3 is 2.68 bits per heavy atom. The molecule has 1 saturated heterocycles. The Bertz CT molecular complexity index is 1200. The van der Waals surface area contributed by atoms with Gasteiger partial charge in [0, 0.05) is 17.8 Å². The number of carbonyl (C=O) groups is 1. The van der Waals surface area contributed by atoms with Crippen molar-refractivity contribution in [3.63, 3.8) is 0 Å². The molecule has 0 N–H and O–H groups in total. The van der Waals surface area contributed by atoms with E-state index in [0.29, 0.717) is 28.8 Å². The Morgan fingerprint density at radius 2 is 2.10 bits per heavy atom. The molecule has 0 radical (unpaired) electrons. The molecule has 31 heavy (non-hydrogen) atoms. The average molecular weight is 445 g/mol. The van der Waals surface area contributed by atoms with Crippen LogP contribution in [0.15, 0.2) is 35.1 Å². The van der Waals surface area contributed by atoms with E-state index in [-0.39, 0.29) is 35.9 Å². The number of rotatable bonds is 6. The van der Waals surface area contributed by atoms with Crippen LogP contribution >= 0.6 is 0 Å². The predicted octanol–water partition coefficient (Wildman–Crippen LogP) is 3.56. The summed E-state index contributed by atoms with van der Waals surface area (Å²) in [5.41, 5.74) is 1.97. The van der Waals surface area contributed by atoms with Gasteiger partial charge in [0.2, 0.25) is 0 Å². The van der Waals surface area contributed by atoms with Crippen LogP contribution in [0.5, 0.6) is 0 Å². The zero-order valence-corrected chi connectivity index (χ0v) is 19.1. The predicted molar refractivity (Wildman–Crippen MR) is 118 cm³/mol. The third kappa shape index (κ3) is 4.23. The van der Waals surface area contributed by atoms with Crippen molar-refractivity contribution in [3.05, 3.63) is 47.7 Å². The molecule has 0 spiro atoms. The molecular weight excluding hydrogens is 416 g/mol. The van der Waals surface area contributed by atoms with Crippen molar-refractivity contribution < 1.29 is 17.6 Å². The number of aromatic nitrogens is 3. The maximum atomic E-state index is 13.9. The minimum absolute atomic E-state index is 0.0318. The van der Waals surface area contributed by atoms with Crippen LogP contribution in [0.1, 0.15) is 67.9 Å². The van der Waals surface area contributed by atoms with E-state index in [1.807, 2.05) is 38.4 Å². The molecule has 0 bridgehead atoms. The third-order valence-corrected chi connectivity index (χ3v) is 7.46. The van der Waals surface area contributed by atoms with E-state index in [2.05, 4.69) is 5.10 Å². The van der Waals surface area contributed by atoms with Gasteiger partial charge in [0.05, 0.1) is 41.5 Å². The summed E-state index contributed by atoms with van der Waals surface area (Å²) in [5, 5.41) is 5.14. The van der Waals surface area contributed by atoms with E-state index >= 15 is 0 Å². The van der Waals surface area contributed by atoms with Crippen LogP contribution in [0.25, 0.3) is 11.0 Å². The van der Waals surface area contributed by atoms with Crippen molar-refractivity contribution in [2.75, 3.05) is 11.5 Å². The summed E-state index contributed by atoms with van der Waals surface area (Å²) in [6, 6.07) is 5.07.